The molecule has 86 valence electrons. The van der Waals surface area contributed by atoms with Gasteiger partial charge in [0.1, 0.15) is 0 Å². The van der Waals surface area contributed by atoms with Gasteiger partial charge in [-0.15, -0.1) is 0 Å². The Morgan fingerprint density at radius 2 is 2.13 bits per heavy atom. The van der Waals surface area contributed by atoms with E-state index in [1.54, 1.807) is 0 Å². The van der Waals surface area contributed by atoms with Gasteiger partial charge >= 0.3 is 0 Å². The summed E-state index contributed by atoms with van der Waals surface area (Å²) in [7, 11) is 0. The smallest absolute Gasteiger partial charge is 0.225 e. The molecule has 0 aromatic heterocycles. The molecule has 2 fully saturated rings. The fourth-order valence-corrected chi connectivity index (χ4v) is 2.65. The lowest BCUT2D eigenvalue weighted by atomic mass is 10.0. The van der Waals surface area contributed by atoms with Crippen LogP contribution in [-0.2, 0) is 4.79 Å². The van der Waals surface area contributed by atoms with Crippen molar-refractivity contribution >= 4 is 5.91 Å². The maximum absolute atomic E-state index is 12.1. The topological polar surface area (TPSA) is 66.6 Å². The van der Waals surface area contributed by atoms with E-state index in [-0.39, 0.29) is 24.0 Å². The molecule has 1 heterocycles. The van der Waals surface area contributed by atoms with Gasteiger partial charge in [-0.05, 0) is 32.1 Å². The SMILES string of the molecule is NC1CCC(C(=O)N2CCC[C@H](O)C2)C1. The zero-order valence-corrected chi connectivity index (χ0v) is 9.06. The number of aliphatic hydroxyl groups is 1. The maximum Gasteiger partial charge on any atom is 0.225 e. The molecule has 0 aromatic rings. The molecule has 2 unspecified atom stereocenters. The molecule has 1 saturated carbocycles. The predicted molar refractivity (Wildman–Crippen MR) is 57.1 cm³/mol. The first-order valence-corrected chi connectivity index (χ1v) is 5.89. The zero-order chi connectivity index (χ0) is 10.8. The first-order chi connectivity index (χ1) is 7.16. The minimum Gasteiger partial charge on any atom is -0.391 e. The van der Waals surface area contributed by atoms with Crippen LogP contribution in [0, 0.1) is 5.92 Å². The largest absolute Gasteiger partial charge is 0.391 e. The Bertz CT molecular complexity index is 245. The molecular weight excluding hydrogens is 192 g/mol. The van der Waals surface area contributed by atoms with E-state index in [4.69, 9.17) is 5.73 Å². The molecule has 0 radical (unpaired) electrons. The molecule has 0 spiro atoms. The third kappa shape index (κ3) is 2.49. The van der Waals surface area contributed by atoms with Crippen LogP contribution < -0.4 is 5.73 Å². The third-order valence-corrected chi connectivity index (χ3v) is 3.53. The van der Waals surface area contributed by atoms with Crippen LogP contribution in [0.5, 0.6) is 0 Å². The maximum atomic E-state index is 12.1. The highest BCUT2D eigenvalue weighted by Crippen LogP contribution is 2.27. The summed E-state index contributed by atoms with van der Waals surface area (Å²) < 4.78 is 0. The fraction of sp³-hybridized carbons (Fsp3) is 0.909. The lowest BCUT2D eigenvalue weighted by Crippen LogP contribution is -2.44. The number of carbonyl (C=O) groups is 1. The molecule has 0 bridgehead atoms. The number of amides is 1. The van der Waals surface area contributed by atoms with E-state index in [9.17, 15) is 9.90 Å². The Labute approximate surface area is 90.4 Å². The number of aliphatic hydroxyl groups excluding tert-OH is 1. The summed E-state index contributed by atoms with van der Waals surface area (Å²) in [6.45, 7) is 1.33. The van der Waals surface area contributed by atoms with Crippen molar-refractivity contribution in [1.29, 1.82) is 0 Å². The van der Waals surface area contributed by atoms with E-state index >= 15 is 0 Å². The van der Waals surface area contributed by atoms with E-state index in [1.165, 1.54) is 0 Å². The molecule has 2 aliphatic rings. The number of β-amino-alcohol motifs (C(OH)–C–C–N with tert-alkyl or cyclic N) is 1. The Morgan fingerprint density at radius 1 is 1.33 bits per heavy atom. The fourth-order valence-electron chi connectivity index (χ4n) is 2.65. The quantitative estimate of drug-likeness (QED) is 0.647. The summed E-state index contributed by atoms with van der Waals surface area (Å²) in [5, 5.41) is 9.50. The second-order valence-corrected chi connectivity index (χ2v) is 4.85. The number of nitrogens with zero attached hydrogens (tertiary/aromatic N) is 1. The van der Waals surface area contributed by atoms with Crippen molar-refractivity contribution in [1.82, 2.24) is 4.90 Å². The number of rotatable bonds is 1. The van der Waals surface area contributed by atoms with Crippen LogP contribution in [-0.4, -0.2) is 41.1 Å². The Morgan fingerprint density at radius 3 is 2.73 bits per heavy atom. The Balaban J connectivity index is 1.89. The van der Waals surface area contributed by atoms with Crippen molar-refractivity contribution < 1.29 is 9.90 Å². The normalized spacial score (nSPS) is 36.9. The number of likely N-dealkylation sites (tertiary alicyclic amines) is 1. The second-order valence-electron chi connectivity index (χ2n) is 4.85. The van der Waals surface area contributed by atoms with Crippen LogP contribution in [0.15, 0.2) is 0 Å². The lowest BCUT2D eigenvalue weighted by Gasteiger charge is -2.32. The van der Waals surface area contributed by atoms with Gasteiger partial charge in [-0.2, -0.15) is 0 Å². The van der Waals surface area contributed by atoms with Crippen molar-refractivity contribution in [2.45, 2.75) is 44.2 Å². The van der Waals surface area contributed by atoms with Gasteiger partial charge in [0.05, 0.1) is 6.10 Å². The average molecular weight is 212 g/mol. The second kappa shape index (κ2) is 4.49. The molecule has 1 saturated heterocycles. The summed E-state index contributed by atoms with van der Waals surface area (Å²) in [5.74, 6) is 0.326. The van der Waals surface area contributed by atoms with Gasteiger partial charge in [0, 0.05) is 25.0 Å². The molecule has 3 N–H and O–H groups in total. The molecule has 3 atom stereocenters. The van der Waals surface area contributed by atoms with E-state index < -0.39 is 0 Å². The highest BCUT2D eigenvalue weighted by molar-refractivity contribution is 5.79. The summed E-state index contributed by atoms with van der Waals surface area (Å²) in [4.78, 5) is 13.9. The number of hydrogen-bond acceptors (Lipinski definition) is 3. The van der Waals surface area contributed by atoms with Gasteiger partial charge < -0.3 is 15.7 Å². The molecule has 4 nitrogen and oxygen atoms in total. The standard InChI is InChI=1S/C11H20N2O2/c12-9-4-3-8(6-9)11(15)13-5-1-2-10(14)7-13/h8-10,14H,1-7,12H2/t8?,9?,10-/m0/s1. The van der Waals surface area contributed by atoms with Gasteiger partial charge in [-0.3, -0.25) is 4.79 Å². The summed E-state index contributed by atoms with van der Waals surface area (Å²) >= 11 is 0. The van der Waals surface area contributed by atoms with Crippen LogP contribution in [0.1, 0.15) is 32.1 Å². The third-order valence-electron chi connectivity index (χ3n) is 3.53. The number of hydrogen-bond donors (Lipinski definition) is 2. The number of nitrogens with two attached hydrogens (primary N) is 1. The molecule has 2 rings (SSSR count). The summed E-state index contributed by atoms with van der Waals surface area (Å²) in [6, 6.07) is 0.202. The van der Waals surface area contributed by atoms with E-state index in [2.05, 4.69) is 0 Å². The van der Waals surface area contributed by atoms with E-state index in [1.807, 2.05) is 4.90 Å². The summed E-state index contributed by atoms with van der Waals surface area (Å²) in [6.07, 6.45) is 4.14. The van der Waals surface area contributed by atoms with Crippen LogP contribution in [0.4, 0.5) is 0 Å². The first kappa shape index (κ1) is 10.9. The van der Waals surface area contributed by atoms with Gasteiger partial charge in [0.15, 0.2) is 0 Å². The zero-order valence-electron chi connectivity index (χ0n) is 9.06. The molecule has 1 amide bonds. The van der Waals surface area contributed by atoms with Crippen molar-refractivity contribution in [3.8, 4) is 0 Å². The van der Waals surface area contributed by atoms with Crippen molar-refractivity contribution in [2.75, 3.05) is 13.1 Å². The average Bonchev–Trinajstić information content (AvgIpc) is 2.64. The van der Waals surface area contributed by atoms with Crippen LogP contribution in [0.3, 0.4) is 0 Å². The van der Waals surface area contributed by atoms with Crippen molar-refractivity contribution in [3.05, 3.63) is 0 Å². The lowest BCUT2D eigenvalue weighted by molar-refractivity contribution is -0.138. The van der Waals surface area contributed by atoms with Crippen LogP contribution in [0.2, 0.25) is 0 Å². The molecule has 15 heavy (non-hydrogen) atoms. The van der Waals surface area contributed by atoms with Gasteiger partial charge in [-0.25, -0.2) is 0 Å². The van der Waals surface area contributed by atoms with E-state index in [0.29, 0.717) is 6.54 Å². The number of carbonyl (C=O) groups excluding carboxylic acids is 1. The Hall–Kier alpha value is -0.610. The highest BCUT2D eigenvalue weighted by atomic mass is 16.3. The van der Waals surface area contributed by atoms with Gasteiger partial charge in [0.25, 0.3) is 0 Å². The molecule has 0 aromatic carbocycles. The minimum absolute atomic E-state index is 0.116. The molecular formula is C11H20N2O2. The van der Waals surface area contributed by atoms with E-state index in [0.717, 1.165) is 38.6 Å². The number of piperidine rings is 1. The monoisotopic (exact) mass is 212 g/mol. The molecule has 1 aliphatic carbocycles. The Kier molecular flexibility index (Phi) is 3.26. The van der Waals surface area contributed by atoms with Crippen LogP contribution in [0.25, 0.3) is 0 Å². The minimum atomic E-state index is -0.322. The van der Waals surface area contributed by atoms with Crippen molar-refractivity contribution in [2.24, 2.45) is 11.7 Å². The van der Waals surface area contributed by atoms with Gasteiger partial charge in [0.2, 0.25) is 5.91 Å². The predicted octanol–water partition coefficient (Wildman–Crippen LogP) is 0.0971. The van der Waals surface area contributed by atoms with Crippen molar-refractivity contribution in [3.63, 3.8) is 0 Å². The van der Waals surface area contributed by atoms with Crippen LogP contribution >= 0.6 is 0 Å². The molecule has 4 heteroatoms. The van der Waals surface area contributed by atoms with Gasteiger partial charge in [-0.1, -0.05) is 0 Å². The first-order valence-electron chi connectivity index (χ1n) is 5.89. The highest BCUT2D eigenvalue weighted by Gasteiger charge is 2.32. The molecule has 1 aliphatic heterocycles. The summed E-state index contributed by atoms with van der Waals surface area (Å²) in [5.41, 5.74) is 5.80.